The minimum Gasteiger partial charge on any atom is -0.396 e. The van der Waals surface area contributed by atoms with Crippen LogP contribution in [0, 0.1) is 11.8 Å². The first kappa shape index (κ1) is 13.4. The van der Waals surface area contributed by atoms with E-state index in [1.807, 2.05) is 24.3 Å². The fourth-order valence-electron chi connectivity index (χ4n) is 1.88. The normalized spacial score (nSPS) is 36.2. The first-order valence-electron chi connectivity index (χ1n) is 5.75. The predicted octanol–water partition coefficient (Wildman–Crippen LogP) is -0.236. The van der Waals surface area contributed by atoms with Gasteiger partial charge in [-0.3, -0.25) is 0 Å². The molecule has 92 valence electrons. The lowest BCUT2D eigenvalue weighted by molar-refractivity contribution is 0.249. The number of hydrogen-bond acceptors (Lipinski definition) is 4. The highest BCUT2D eigenvalue weighted by Crippen LogP contribution is 2.15. The van der Waals surface area contributed by atoms with Crippen LogP contribution in [0.3, 0.4) is 0 Å². The number of hydrogen-bond donors (Lipinski definition) is 4. The van der Waals surface area contributed by atoms with Crippen molar-refractivity contribution < 1.29 is 10.2 Å². The van der Waals surface area contributed by atoms with Crippen molar-refractivity contribution in [1.82, 2.24) is 0 Å². The highest BCUT2D eigenvalue weighted by Gasteiger charge is 2.13. The van der Waals surface area contributed by atoms with Crippen LogP contribution in [0.2, 0.25) is 0 Å². The summed E-state index contributed by atoms with van der Waals surface area (Å²) < 4.78 is 0. The van der Waals surface area contributed by atoms with E-state index < -0.39 is 0 Å². The molecule has 0 radical (unpaired) electrons. The molecule has 4 nitrogen and oxygen atoms in total. The van der Waals surface area contributed by atoms with Gasteiger partial charge in [-0.1, -0.05) is 24.3 Å². The van der Waals surface area contributed by atoms with Gasteiger partial charge in [0.1, 0.15) is 0 Å². The molecule has 0 aromatic heterocycles. The molecule has 0 aromatic rings. The zero-order valence-electron chi connectivity index (χ0n) is 9.50. The van der Waals surface area contributed by atoms with E-state index in [9.17, 15) is 0 Å². The summed E-state index contributed by atoms with van der Waals surface area (Å²) >= 11 is 0. The fraction of sp³-hybridized carbons (Fsp3) is 0.667. The van der Waals surface area contributed by atoms with E-state index in [0.717, 1.165) is 12.8 Å². The van der Waals surface area contributed by atoms with Crippen molar-refractivity contribution >= 4 is 0 Å². The van der Waals surface area contributed by atoms with Crippen LogP contribution in [0.1, 0.15) is 12.8 Å². The van der Waals surface area contributed by atoms with Gasteiger partial charge in [0.2, 0.25) is 0 Å². The maximum atomic E-state index is 8.58. The maximum Gasteiger partial charge on any atom is 0.0494 e. The Kier molecular flexibility index (Phi) is 5.69. The van der Waals surface area contributed by atoms with E-state index >= 15 is 0 Å². The number of nitrogens with two attached hydrogens (primary N) is 2. The van der Waals surface area contributed by atoms with Gasteiger partial charge in [0.05, 0.1) is 0 Å². The van der Waals surface area contributed by atoms with Gasteiger partial charge in [-0.25, -0.2) is 0 Å². The molecule has 2 rings (SSSR count). The zero-order chi connectivity index (χ0) is 12.0. The van der Waals surface area contributed by atoms with Crippen molar-refractivity contribution in [3.05, 3.63) is 24.3 Å². The molecule has 16 heavy (non-hydrogen) atoms. The summed E-state index contributed by atoms with van der Waals surface area (Å²) in [4.78, 5) is 0. The van der Waals surface area contributed by atoms with Crippen LogP contribution in [-0.4, -0.2) is 35.5 Å². The molecule has 0 heterocycles. The molecule has 0 unspecified atom stereocenters. The molecule has 4 heteroatoms. The van der Waals surface area contributed by atoms with Gasteiger partial charge in [-0.05, 0) is 12.8 Å². The van der Waals surface area contributed by atoms with E-state index in [1.165, 1.54) is 0 Å². The van der Waals surface area contributed by atoms with Crippen molar-refractivity contribution in [1.29, 1.82) is 0 Å². The van der Waals surface area contributed by atoms with Gasteiger partial charge in [0, 0.05) is 37.1 Å². The molecule has 0 amide bonds. The van der Waals surface area contributed by atoms with Gasteiger partial charge in [0.25, 0.3) is 0 Å². The Morgan fingerprint density at radius 1 is 0.812 bits per heavy atom. The van der Waals surface area contributed by atoms with Crippen LogP contribution >= 0.6 is 0 Å². The third-order valence-corrected chi connectivity index (χ3v) is 2.88. The summed E-state index contributed by atoms with van der Waals surface area (Å²) in [5.41, 5.74) is 11.0. The third kappa shape index (κ3) is 4.45. The fourth-order valence-corrected chi connectivity index (χ4v) is 1.88. The Morgan fingerprint density at radius 2 is 1.19 bits per heavy atom. The molecule has 0 fully saturated rings. The monoisotopic (exact) mass is 226 g/mol. The van der Waals surface area contributed by atoms with E-state index in [0.29, 0.717) is 11.8 Å². The minimum absolute atomic E-state index is 0.187. The van der Waals surface area contributed by atoms with Crippen molar-refractivity contribution in [2.75, 3.05) is 13.2 Å². The second-order valence-corrected chi connectivity index (χ2v) is 4.45. The summed E-state index contributed by atoms with van der Waals surface area (Å²) in [6, 6.07) is 0.374. The Hall–Kier alpha value is -0.680. The summed E-state index contributed by atoms with van der Waals surface area (Å²) in [6.07, 6.45) is 9.67. The van der Waals surface area contributed by atoms with Gasteiger partial charge in [-0.2, -0.15) is 0 Å². The smallest absolute Gasteiger partial charge is 0.0494 e. The third-order valence-electron chi connectivity index (χ3n) is 2.88. The number of rotatable bonds is 2. The first-order chi connectivity index (χ1) is 7.65. The van der Waals surface area contributed by atoms with E-state index in [4.69, 9.17) is 21.7 Å². The Bertz CT molecular complexity index is 227. The van der Waals surface area contributed by atoms with Crippen LogP contribution in [0.15, 0.2) is 24.3 Å². The highest BCUT2D eigenvalue weighted by atomic mass is 16.3. The van der Waals surface area contributed by atoms with Gasteiger partial charge in [-0.15, -0.1) is 0 Å². The van der Waals surface area contributed by atoms with Crippen molar-refractivity contribution in [3.8, 4) is 0 Å². The lowest BCUT2D eigenvalue weighted by Gasteiger charge is -2.02. The van der Waals surface area contributed by atoms with E-state index in [2.05, 4.69) is 0 Å². The molecular formula is C12H22N2O2. The molecule has 0 aliphatic heterocycles. The SMILES string of the molecule is N[C@@H]1C=C[C@H](CO)C1.N[C@H]1C=C[C@@H](CO)C1. The second-order valence-electron chi connectivity index (χ2n) is 4.45. The van der Waals surface area contributed by atoms with E-state index in [1.54, 1.807) is 0 Å². The lowest BCUT2D eigenvalue weighted by Crippen LogP contribution is -2.15. The zero-order valence-corrected chi connectivity index (χ0v) is 9.50. The van der Waals surface area contributed by atoms with Gasteiger partial charge in [0.15, 0.2) is 0 Å². The number of aliphatic hydroxyl groups excluding tert-OH is 2. The average molecular weight is 226 g/mol. The Morgan fingerprint density at radius 3 is 1.31 bits per heavy atom. The molecule has 0 saturated heterocycles. The lowest BCUT2D eigenvalue weighted by atomic mass is 10.1. The van der Waals surface area contributed by atoms with E-state index in [-0.39, 0.29) is 25.3 Å². The molecule has 0 aromatic carbocycles. The molecule has 4 atom stereocenters. The second kappa shape index (κ2) is 6.81. The minimum atomic E-state index is 0.187. The van der Waals surface area contributed by atoms with Crippen molar-refractivity contribution in [3.63, 3.8) is 0 Å². The summed E-state index contributed by atoms with van der Waals surface area (Å²) in [6.45, 7) is 0.481. The topological polar surface area (TPSA) is 92.5 Å². The Labute approximate surface area is 96.6 Å². The summed E-state index contributed by atoms with van der Waals surface area (Å²) in [5.74, 6) is 0.648. The van der Waals surface area contributed by atoms with Crippen LogP contribution in [0.25, 0.3) is 0 Å². The van der Waals surface area contributed by atoms with Crippen LogP contribution in [0.4, 0.5) is 0 Å². The van der Waals surface area contributed by atoms with Gasteiger partial charge < -0.3 is 21.7 Å². The Balaban J connectivity index is 0.000000160. The molecule has 0 bridgehead atoms. The van der Waals surface area contributed by atoms with Crippen LogP contribution < -0.4 is 11.5 Å². The standard InChI is InChI=1S/2C6H11NO/c2*7-6-2-1-5(3-6)4-8/h2*1-2,5-6,8H,3-4,7H2/t2*5-,6+/m10/s1. The van der Waals surface area contributed by atoms with Crippen molar-refractivity contribution in [2.45, 2.75) is 24.9 Å². The maximum absolute atomic E-state index is 8.58. The van der Waals surface area contributed by atoms with Gasteiger partial charge >= 0.3 is 0 Å². The quantitative estimate of drug-likeness (QED) is 0.489. The average Bonchev–Trinajstić information content (AvgIpc) is 2.88. The first-order valence-corrected chi connectivity index (χ1v) is 5.75. The van der Waals surface area contributed by atoms with Crippen LogP contribution in [0.5, 0.6) is 0 Å². The molecule has 0 spiro atoms. The molecule has 6 N–H and O–H groups in total. The van der Waals surface area contributed by atoms with Crippen molar-refractivity contribution in [2.24, 2.45) is 23.3 Å². The highest BCUT2D eigenvalue weighted by molar-refractivity contribution is 5.04. The predicted molar refractivity (Wildman–Crippen MR) is 64.6 cm³/mol. The molecule has 2 aliphatic rings. The molecular weight excluding hydrogens is 204 g/mol. The number of aliphatic hydroxyl groups is 2. The summed E-state index contributed by atoms with van der Waals surface area (Å²) in [5, 5.41) is 17.2. The largest absolute Gasteiger partial charge is 0.396 e. The summed E-state index contributed by atoms with van der Waals surface area (Å²) in [7, 11) is 0. The molecule has 2 aliphatic carbocycles. The molecule has 0 saturated carbocycles. The van der Waals surface area contributed by atoms with Crippen LogP contribution in [-0.2, 0) is 0 Å².